The summed E-state index contributed by atoms with van der Waals surface area (Å²) in [6.07, 6.45) is 0. The third-order valence-electron chi connectivity index (χ3n) is 7.93. The van der Waals surface area contributed by atoms with Crippen molar-refractivity contribution >= 4 is 92.2 Å². The predicted molar refractivity (Wildman–Crippen MR) is 204 cm³/mol. The molecule has 6 aromatic carbocycles. The molecule has 6 N–H and O–H groups in total. The summed E-state index contributed by atoms with van der Waals surface area (Å²) < 4.78 is 98.0. The monoisotopic (exact) mass is 907 g/mol. The Morgan fingerprint density at radius 2 is 1.10 bits per heavy atom. The first kappa shape index (κ1) is 48.2. The molecule has 302 valence electrons. The fourth-order valence-corrected chi connectivity index (χ4v) is 7.54. The molecule has 0 bridgehead atoms. The van der Waals surface area contributed by atoms with E-state index < -0.39 is 90.1 Å². The number of sulfonamides is 1. The number of nitrogens with one attached hydrogen (secondary N) is 1. The van der Waals surface area contributed by atoms with Crippen LogP contribution in [0, 0.1) is 10.1 Å². The van der Waals surface area contributed by atoms with E-state index in [9.17, 15) is 59.8 Å². The molecule has 0 saturated heterocycles. The fraction of sp³-hybridized carbons (Fsp3) is 0. The summed E-state index contributed by atoms with van der Waals surface area (Å²) in [5, 5.41) is 67.3. The van der Waals surface area contributed by atoms with Crippen LogP contribution in [0.4, 0.5) is 51.2 Å². The zero-order chi connectivity index (χ0) is 42.9. The van der Waals surface area contributed by atoms with Crippen molar-refractivity contribution in [3.63, 3.8) is 0 Å². The number of nitrogens with two attached hydrogens (primary N) is 1. The number of anilines is 2. The minimum Gasteiger partial charge on any atom is -0.872 e. The van der Waals surface area contributed by atoms with Crippen molar-refractivity contribution in [2.75, 3.05) is 10.5 Å². The molecule has 61 heavy (non-hydrogen) atoms. The van der Waals surface area contributed by atoms with E-state index in [4.69, 9.17) is 5.73 Å². The van der Waals surface area contributed by atoms with Gasteiger partial charge in [-0.3, -0.25) is 23.9 Å². The third kappa shape index (κ3) is 11.3. The van der Waals surface area contributed by atoms with Crippen molar-refractivity contribution in [1.29, 1.82) is 0 Å². The number of hydrogen-bond acceptors (Lipinski definition) is 18. The van der Waals surface area contributed by atoms with Crippen LogP contribution >= 0.6 is 0 Å². The topological polar surface area (TPSA) is 365 Å². The van der Waals surface area contributed by atoms with Crippen LogP contribution in [0.25, 0.3) is 10.8 Å². The molecule has 6 rings (SSSR count). The van der Waals surface area contributed by atoms with Gasteiger partial charge in [0.2, 0.25) is 0 Å². The molecule has 0 heterocycles. The van der Waals surface area contributed by atoms with Crippen LogP contribution in [-0.2, 0) is 30.3 Å². The number of hydrogen-bond donors (Lipinski definition) is 5. The second-order valence-corrected chi connectivity index (χ2v) is 16.4. The SMILES string of the molecule is Nc1c(N=Nc2ccc([N+](=O)[O-])cc2)c(S(=O)(=O)O)cc2cc(S(=O)(=O)O)c(N=Nc3ccc(S(=O)(=O)Nc4ccc(N=Nc5ccc([O-])cc5[O-])cc4)cc3)c(O)c12.[Na+].[Na+]. The van der Waals surface area contributed by atoms with E-state index in [2.05, 4.69) is 35.4 Å². The van der Waals surface area contributed by atoms with E-state index in [1.54, 1.807) is 0 Å². The first-order valence-electron chi connectivity index (χ1n) is 16.0. The Hall–Kier alpha value is -5.45. The number of phenolic OH excluding ortho intramolecular Hbond substituents is 1. The third-order valence-corrected chi connectivity index (χ3v) is 11.1. The maximum atomic E-state index is 13.1. The van der Waals surface area contributed by atoms with Crippen molar-refractivity contribution < 1.29 is 114 Å². The van der Waals surface area contributed by atoms with Crippen molar-refractivity contribution in [2.24, 2.45) is 30.7 Å². The van der Waals surface area contributed by atoms with Crippen molar-refractivity contribution in [1.82, 2.24) is 0 Å². The largest absolute Gasteiger partial charge is 1.00 e. The molecule has 27 heteroatoms. The van der Waals surface area contributed by atoms with E-state index in [0.29, 0.717) is 12.1 Å². The van der Waals surface area contributed by atoms with Crippen LogP contribution in [0.15, 0.2) is 149 Å². The zero-order valence-corrected chi connectivity index (χ0v) is 37.6. The number of benzene rings is 6. The molecule has 0 spiro atoms. The van der Waals surface area contributed by atoms with Gasteiger partial charge < -0.3 is 21.1 Å². The average Bonchev–Trinajstić information content (AvgIpc) is 3.16. The first-order chi connectivity index (χ1) is 27.7. The van der Waals surface area contributed by atoms with Crippen LogP contribution in [0.1, 0.15) is 0 Å². The number of nitrogen functional groups attached to an aromatic ring is 1. The summed E-state index contributed by atoms with van der Waals surface area (Å²) in [4.78, 5) is 7.97. The van der Waals surface area contributed by atoms with Crippen LogP contribution < -0.4 is 79.8 Å². The van der Waals surface area contributed by atoms with Gasteiger partial charge in [-0.25, -0.2) is 8.42 Å². The molecular formula is C34H23N9Na2O13S3. The summed E-state index contributed by atoms with van der Waals surface area (Å²) in [6.45, 7) is 0. The standard InChI is InChI=1S/C34H25N9O13S3.2Na/c35-31-30-18(15-28(58(51,52)53)32(31)40-37-20-5-9-23(10-6-20)43(47)48)16-29(59(54,55)56)33(34(30)46)41-38-21-7-12-25(13-8-21)57(49,50)42-22-3-1-19(2-4-22)36-39-26-14-11-24(44)17-27(26)45;;/h1-17,42,44-46H,35H2,(H,51,52,53)(H,54,55,56);;/q;2*+1/p-2. The predicted octanol–water partition coefficient (Wildman–Crippen LogP) is 0.731. The molecule has 6 aromatic rings. The van der Waals surface area contributed by atoms with Gasteiger partial charge in [0.15, 0.2) is 5.75 Å². The Labute approximate surface area is 388 Å². The van der Waals surface area contributed by atoms with E-state index in [0.717, 1.165) is 36.4 Å². The molecular weight excluding hydrogens is 885 g/mol. The number of aromatic hydroxyl groups is 1. The van der Waals surface area contributed by atoms with E-state index in [1.807, 2.05) is 0 Å². The molecule has 0 aliphatic rings. The van der Waals surface area contributed by atoms with Gasteiger partial charge in [0.25, 0.3) is 35.9 Å². The molecule has 0 fully saturated rings. The summed E-state index contributed by atoms with van der Waals surface area (Å²) in [7, 11) is -14.6. The molecule has 0 saturated carbocycles. The van der Waals surface area contributed by atoms with Gasteiger partial charge in [-0.05, 0) is 84.2 Å². The second kappa shape index (κ2) is 19.1. The number of nitro groups is 1. The molecule has 0 atom stereocenters. The molecule has 0 aromatic heterocycles. The van der Waals surface area contributed by atoms with Gasteiger partial charge in [-0.15, -0.1) is 16.0 Å². The molecule has 0 aliphatic carbocycles. The first-order valence-corrected chi connectivity index (χ1v) is 20.4. The molecule has 0 radical (unpaired) electrons. The van der Waals surface area contributed by atoms with Gasteiger partial charge in [-0.2, -0.15) is 37.3 Å². The number of non-ortho nitro benzene ring substituents is 1. The molecule has 22 nitrogen and oxygen atoms in total. The van der Waals surface area contributed by atoms with Crippen LogP contribution in [-0.4, -0.2) is 44.4 Å². The number of azo groups is 3. The Morgan fingerprint density at radius 1 is 0.623 bits per heavy atom. The second-order valence-electron chi connectivity index (χ2n) is 11.9. The van der Waals surface area contributed by atoms with Crippen molar-refractivity contribution in [3.05, 3.63) is 113 Å². The van der Waals surface area contributed by atoms with Crippen molar-refractivity contribution in [2.45, 2.75) is 14.7 Å². The maximum Gasteiger partial charge on any atom is 1.00 e. The summed E-state index contributed by atoms with van der Waals surface area (Å²) in [5.74, 6) is -2.14. The number of phenols is 1. The summed E-state index contributed by atoms with van der Waals surface area (Å²) in [5.41, 5.74) is 3.83. The number of fused-ring (bicyclic) bond motifs is 1. The van der Waals surface area contributed by atoms with Crippen LogP contribution in [0.5, 0.6) is 17.2 Å². The fourth-order valence-electron chi connectivity index (χ4n) is 5.15. The van der Waals surface area contributed by atoms with E-state index in [1.165, 1.54) is 54.6 Å². The number of rotatable bonds is 12. The van der Waals surface area contributed by atoms with Gasteiger partial charge >= 0.3 is 59.1 Å². The molecule has 0 aliphatic heterocycles. The summed E-state index contributed by atoms with van der Waals surface area (Å²) in [6, 6.07) is 19.2. The van der Waals surface area contributed by atoms with E-state index in [-0.39, 0.29) is 98.1 Å². The Morgan fingerprint density at radius 3 is 1.61 bits per heavy atom. The minimum atomic E-state index is -5.24. The van der Waals surface area contributed by atoms with Crippen molar-refractivity contribution in [3.8, 4) is 17.2 Å². The van der Waals surface area contributed by atoms with Crippen LogP contribution in [0.3, 0.4) is 0 Å². The normalized spacial score (nSPS) is 12.1. The van der Waals surface area contributed by atoms with Crippen LogP contribution in [0.2, 0.25) is 0 Å². The number of nitrogens with zero attached hydrogens (tertiary/aromatic N) is 7. The van der Waals surface area contributed by atoms with Gasteiger partial charge in [-0.1, -0.05) is 17.9 Å². The zero-order valence-electron chi connectivity index (χ0n) is 31.2. The Balaban J connectivity index is 0.00000410. The maximum absolute atomic E-state index is 13.1. The molecule has 0 amide bonds. The minimum absolute atomic E-state index is 0. The smallest absolute Gasteiger partial charge is 0.872 e. The number of nitro benzene ring substituents is 1. The average molecular weight is 908 g/mol. The van der Waals surface area contributed by atoms with Gasteiger partial charge in [0.05, 0.1) is 43.6 Å². The Kier molecular flexibility index (Phi) is 15.1. The van der Waals surface area contributed by atoms with Gasteiger partial charge in [0, 0.05) is 17.8 Å². The molecule has 0 unspecified atom stereocenters. The summed E-state index contributed by atoms with van der Waals surface area (Å²) >= 11 is 0. The quantitative estimate of drug-likeness (QED) is 0.0282. The van der Waals surface area contributed by atoms with E-state index >= 15 is 0 Å². The van der Waals surface area contributed by atoms with Gasteiger partial charge in [0.1, 0.15) is 21.2 Å². The Bertz CT molecular complexity index is 3100.